The summed E-state index contributed by atoms with van der Waals surface area (Å²) in [5, 5.41) is 3.07. The second-order valence-electron chi connectivity index (χ2n) is 6.21. The fraction of sp³-hybridized carbons (Fsp3) is 0.174. The summed E-state index contributed by atoms with van der Waals surface area (Å²) < 4.78 is 10.7. The summed E-state index contributed by atoms with van der Waals surface area (Å²) in [7, 11) is 3.23. The topological polar surface area (TPSA) is 47.6 Å². The minimum atomic E-state index is -0.244. The molecule has 0 aliphatic heterocycles. The molecule has 3 aromatic carbocycles. The zero-order chi connectivity index (χ0) is 19.2. The molecule has 1 N–H and O–H groups in total. The molecule has 0 heterocycles. The van der Waals surface area contributed by atoms with Crippen molar-refractivity contribution >= 4 is 5.91 Å². The molecule has 3 aromatic rings. The number of methoxy groups -OCH3 is 2. The minimum absolute atomic E-state index is 0.133. The molecule has 0 spiro atoms. The van der Waals surface area contributed by atoms with Gasteiger partial charge in [-0.3, -0.25) is 4.79 Å². The van der Waals surface area contributed by atoms with E-state index >= 15 is 0 Å². The van der Waals surface area contributed by atoms with Gasteiger partial charge < -0.3 is 14.8 Å². The molecule has 0 aliphatic rings. The van der Waals surface area contributed by atoms with E-state index in [2.05, 4.69) is 5.32 Å². The number of amides is 1. The largest absolute Gasteiger partial charge is 0.497 e. The van der Waals surface area contributed by atoms with Crippen molar-refractivity contribution in [2.45, 2.75) is 13.0 Å². The number of hydrogen-bond acceptors (Lipinski definition) is 3. The highest BCUT2D eigenvalue weighted by atomic mass is 16.5. The quantitative estimate of drug-likeness (QED) is 0.682. The molecule has 4 heteroatoms. The molecule has 0 fully saturated rings. The number of benzene rings is 3. The molecule has 0 saturated heterocycles. The lowest BCUT2D eigenvalue weighted by molar-refractivity contribution is 0.0940. The van der Waals surface area contributed by atoms with Crippen LogP contribution in [0.2, 0.25) is 0 Å². The Morgan fingerprint density at radius 1 is 0.889 bits per heavy atom. The summed E-state index contributed by atoms with van der Waals surface area (Å²) in [6, 6.07) is 22.8. The van der Waals surface area contributed by atoms with Gasteiger partial charge in [0.2, 0.25) is 0 Å². The first-order valence-corrected chi connectivity index (χ1v) is 8.81. The Kier molecular flexibility index (Phi) is 5.77. The van der Waals surface area contributed by atoms with E-state index in [0.29, 0.717) is 11.3 Å². The van der Waals surface area contributed by atoms with Crippen LogP contribution in [0.1, 0.15) is 28.9 Å². The molecule has 3 rings (SSSR count). The maximum atomic E-state index is 13.0. The first kappa shape index (κ1) is 18.5. The van der Waals surface area contributed by atoms with Gasteiger partial charge in [-0.25, -0.2) is 0 Å². The molecule has 0 aromatic heterocycles. The fourth-order valence-corrected chi connectivity index (χ4v) is 3.08. The monoisotopic (exact) mass is 361 g/mol. The first-order chi connectivity index (χ1) is 13.1. The van der Waals surface area contributed by atoms with E-state index in [9.17, 15) is 4.79 Å². The van der Waals surface area contributed by atoms with Gasteiger partial charge in [-0.1, -0.05) is 48.5 Å². The molecule has 0 saturated carbocycles. The molecule has 1 amide bonds. The van der Waals surface area contributed by atoms with E-state index in [-0.39, 0.29) is 11.9 Å². The van der Waals surface area contributed by atoms with Crippen molar-refractivity contribution in [1.29, 1.82) is 0 Å². The van der Waals surface area contributed by atoms with Crippen LogP contribution < -0.4 is 14.8 Å². The van der Waals surface area contributed by atoms with Crippen molar-refractivity contribution in [1.82, 2.24) is 5.32 Å². The molecule has 1 atom stereocenters. The van der Waals surface area contributed by atoms with Crippen LogP contribution in [0.4, 0.5) is 0 Å². The molecule has 0 aliphatic carbocycles. The fourth-order valence-electron chi connectivity index (χ4n) is 3.08. The maximum absolute atomic E-state index is 13.0. The maximum Gasteiger partial charge on any atom is 0.252 e. The minimum Gasteiger partial charge on any atom is -0.497 e. The van der Waals surface area contributed by atoms with Crippen molar-refractivity contribution < 1.29 is 14.3 Å². The van der Waals surface area contributed by atoms with Crippen LogP contribution in [0.25, 0.3) is 11.1 Å². The summed E-state index contributed by atoms with van der Waals surface area (Å²) in [6.45, 7) is 1.93. The predicted molar refractivity (Wildman–Crippen MR) is 107 cm³/mol. The molecule has 4 nitrogen and oxygen atoms in total. The van der Waals surface area contributed by atoms with E-state index in [1.54, 1.807) is 14.2 Å². The Balaban J connectivity index is 1.89. The van der Waals surface area contributed by atoms with Crippen molar-refractivity contribution in [3.8, 4) is 22.6 Å². The summed E-state index contributed by atoms with van der Waals surface area (Å²) in [5.41, 5.74) is 3.41. The third-order valence-electron chi connectivity index (χ3n) is 4.51. The Hall–Kier alpha value is -3.27. The lowest BCUT2D eigenvalue weighted by Crippen LogP contribution is -2.27. The van der Waals surface area contributed by atoms with Gasteiger partial charge in [0.05, 0.1) is 20.3 Å². The molecule has 0 bridgehead atoms. The van der Waals surface area contributed by atoms with Gasteiger partial charge in [0.15, 0.2) is 0 Å². The number of carbonyl (C=O) groups is 1. The third kappa shape index (κ3) is 4.11. The van der Waals surface area contributed by atoms with Gasteiger partial charge in [-0.05, 0) is 42.3 Å². The zero-order valence-electron chi connectivity index (χ0n) is 15.7. The highest BCUT2D eigenvalue weighted by Crippen LogP contribution is 2.30. The Morgan fingerprint density at radius 3 is 2.30 bits per heavy atom. The Bertz CT molecular complexity index is 922. The lowest BCUT2D eigenvalue weighted by Gasteiger charge is -2.19. The Morgan fingerprint density at radius 2 is 1.59 bits per heavy atom. The van der Waals surface area contributed by atoms with Gasteiger partial charge in [-0.15, -0.1) is 0 Å². The second kappa shape index (κ2) is 8.41. The second-order valence-corrected chi connectivity index (χ2v) is 6.21. The molecular weight excluding hydrogens is 338 g/mol. The van der Waals surface area contributed by atoms with E-state index < -0.39 is 0 Å². The van der Waals surface area contributed by atoms with E-state index in [1.807, 2.05) is 79.7 Å². The molecule has 27 heavy (non-hydrogen) atoms. The number of hydrogen-bond donors (Lipinski definition) is 1. The lowest BCUT2D eigenvalue weighted by atomic mass is 9.98. The summed E-state index contributed by atoms with van der Waals surface area (Å²) >= 11 is 0. The average molecular weight is 361 g/mol. The molecule has 138 valence electrons. The highest BCUT2D eigenvalue weighted by Gasteiger charge is 2.18. The SMILES string of the molecule is COc1ccc(OC)c([C@H](C)NC(=O)c2ccccc2-c2ccccc2)c1. The van der Waals surface area contributed by atoms with Crippen molar-refractivity contribution in [2.75, 3.05) is 14.2 Å². The van der Waals surface area contributed by atoms with Crippen LogP contribution in [0.15, 0.2) is 72.8 Å². The van der Waals surface area contributed by atoms with Crippen LogP contribution in [-0.4, -0.2) is 20.1 Å². The number of carbonyl (C=O) groups excluding carboxylic acids is 1. The summed E-state index contributed by atoms with van der Waals surface area (Å²) in [5.74, 6) is 1.29. The van der Waals surface area contributed by atoms with Crippen LogP contribution in [0.3, 0.4) is 0 Å². The van der Waals surface area contributed by atoms with E-state index in [1.165, 1.54) is 0 Å². The van der Waals surface area contributed by atoms with Crippen molar-refractivity contribution in [3.63, 3.8) is 0 Å². The highest BCUT2D eigenvalue weighted by molar-refractivity contribution is 6.01. The van der Waals surface area contributed by atoms with Gasteiger partial charge in [-0.2, -0.15) is 0 Å². The number of nitrogens with one attached hydrogen (secondary N) is 1. The third-order valence-corrected chi connectivity index (χ3v) is 4.51. The van der Waals surface area contributed by atoms with E-state index in [4.69, 9.17) is 9.47 Å². The summed E-state index contributed by atoms with van der Waals surface area (Å²) in [4.78, 5) is 13.0. The van der Waals surface area contributed by atoms with Gasteiger partial charge in [0.25, 0.3) is 5.91 Å². The predicted octanol–water partition coefficient (Wildman–Crippen LogP) is 4.86. The van der Waals surface area contributed by atoms with Gasteiger partial charge >= 0.3 is 0 Å². The normalized spacial score (nSPS) is 11.5. The number of ether oxygens (including phenoxy) is 2. The first-order valence-electron chi connectivity index (χ1n) is 8.81. The zero-order valence-corrected chi connectivity index (χ0v) is 15.7. The summed E-state index contributed by atoms with van der Waals surface area (Å²) in [6.07, 6.45) is 0. The number of rotatable bonds is 6. The van der Waals surface area contributed by atoms with Crippen LogP contribution in [-0.2, 0) is 0 Å². The van der Waals surface area contributed by atoms with Crippen LogP contribution in [0, 0.1) is 0 Å². The van der Waals surface area contributed by atoms with Crippen LogP contribution >= 0.6 is 0 Å². The van der Waals surface area contributed by atoms with Crippen molar-refractivity contribution in [2.24, 2.45) is 0 Å². The van der Waals surface area contributed by atoms with E-state index in [0.717, 1.165) is 22.4 Å². The van der Waals surface area contributed by atoms with Gasteiger partial charge in [0.1, 0.15) is 11.5 Å². The standard InChI is InChI=1S/C23H23NO3/c1-16(21-15-18(26-2)13-14-22(21)27-3)24-23(25)20-12-8-7-11-19(20)17-9-5-4-6-10-17/h4-16H,1-3H3,(H,24,25)/t16-/m0/s1. The van der Waals surface area contributed by atoms with Crippen LogP contribution in [0.5, 0.6) is 11.5 Å². The molecule has 0 radical (unpaired) electrons. The average Bonchev–Trinajstić information content (AvgIpc) is 2.73. The smallest absolute Gasteiger partial charge is 0.252 e. The molecule has 0 unspecified atom stereocenters. The van der Waals surface area contributed by atoms with Crippen molar-refractivity contribution in [3.05, 3.63) is 83.9 Å². The van der Waals surface area contributed by atoms with Gasteiger partial charge in [0, 0.05) is 11.1 Å². The molecular formula is C23H23NO3. The Labute approximate surface area is 159 Å².